The average Bonchev–Trinajstić information content (AvgIpc) is 3.00. The van der Waals surface area contributed by atoms with Gasteiger partial charge in [0.25, 0.3) is 0 Å². The molecule has 130 valence electrons. The molecule has 0 aliphatic heterocycles. The molecule has 3 rings (SSSR count). The molecule has 1 heterocycles. The van der Waals surface area contributed by atoms with Gasteiger partial charge < -0.3 is 9.30 Å². The van der Waals surface area contributed by atoms with Crippen LogP contribution in [0.4, 0.5) is 0 Å². The summed E-state index contributed by atoms with van der Waals surface area (Å²) in [6.45, 7) is 4.88. The number of aromatic nitrogens is 3. The lowest BCUT2D eigenvalue weighted by atomic mass is 10.1. The summed E-state index contributed by atoms with van der Waals surface area (Å²) in [5, 5.41) is 9.59. The molecule has 2 aromatic carbocycles. The van der Waals surface area contributed by atoms with E-state index in [1.165, 1.54) is 11.1 Å². The van der Waals surface area contributed by atoms with E-state index in [0.717, 1.165) is 34.5 Å². The fraction of sp³-hybridized carbons (Fsp3) is 0.300. The van der Waals surface area contributed by atoms with Crippen LogP contribution in [0.3, 0.4) is 0 Å². The smallest absolute Gasteiger partial charge is 0.191 e. The van der Waals surface area contributed by atoms with Crippen LogP contribution >= 0.6 is 11.8 Å². The van der Waals surface area contributed by atoms with Crippen molar-refractivity contribution in [1.82, 2.24) is 14.8 Å². The van der Waals surface area contributed by atoms with E-state index in [4.69, 9.17) is 4.74 Å². The predicted molar refractivity (Wildman–Crippen MR) is 103 cm³/mol. The van der Waals surface area contributed by atoms with Crippen LogP contribution in [-0.2, 0) is 13.5 Å². The molecule has 0 N–H and O–H groups in total. The molecule has 5 heteroatoms. The Bertz CT molecular complexity index is 844. The largest absolute Gasteiger partial charge is 0.493 e. The predicted octanol–water partition coefficient (Wildman–Crippen LogP) is 4.52. The Labute approximate surface area is 153 Å². The van der Waals surface area contributed by atoms with E-state index in [1.807, 2.05) is 35.9 Å². The summed E-state index contributed by atoms with van der Waals surface area (Å²) < 4.78 is 7.89. The van der Waals surface area contributed by atoms with Crippen molar-refractivity contribution in [3.8, 4) is 17.1 Å². The van der Waals surface area contributed by atoms with Crippen LogP contribution in [0.5, 0.6) is 5.75 Å². The molecule has 0 radical (unpaired) electrons. The van der Waals surface area contributed by atoms with Crippen LogP contribution < -0.4 is 4.74 Å². The second kappa shape index (κ2) is 8.21. The summed E-state index contributed by atoms with van der Waals surface area (Å²) in [4.78, 5) is 0. The molecule has 0 bridgehead atoms. The first-order chi connectivity index (χ1) is 12.2. The molecule has 0 fully saturated rings. The topological polar surface area (TPSA) is 39.9 Å². The van der Waals surface area contributed by atoms with Crippen molar-refractivity contribution in [2.75, 3.05) is 12.4 Å². The van der Waals surface area contributed by atoms with Gasteiger partial charge in [0.1, 0.15) is 5.75 Å². The van der Waals surface area contributed by atoms with Crippen molar-refractivity contribution in [2.24, 2.45) is 7.05 Å². The van der Waals surface area contributed by atoms with E-state index in [1.54, 1.807) is 11.8 Å². The third-order valence-electron chi connectivity index (χ3n) is 4.11. The maximum atomic E-state index is 5.84. The number of ether oxygens (including phenoxy) is 1. The Hall–Kier alpha value is -2.27. The number of rotatable bonds is 7. The Morgan fingerprint density at radius 2 is 1.92 bits per heavy atom. The molecule has 0 aliphatic rings. The molecular formula is C20H23N3OS. The van der Waals surface area contributed by atoms with Gasteiger partial charge in [-0.25, -0.2) is 0 Å². The molecule has 0 spiro atoms. The van der Waals surface area contributed by atoms with E-state index in [2.05, 4.69) is 48.3 Å². The molecule has 3 aromatic rings. The fourth-order valence-corrected chi connectivity index (χ4v) is 3.37. The van der Waals surface area contributed by atoms with E-state index in [9.17, 15) is 0 Å². The average molecular weight is 353 g/mol. The Kier molecular flexibility index (Phi) is 5.76. The summed E-state index contributed by atoms with van der Waals surface area (Å²) in [5.74, 6) is 2.66. The highest BCUT2D eigenvalue weighted by Gasteiger charge is 2.12. The minimum atomic E-state index is 0.643. The van der Waals surface area contributed by atoms with Crippen molar-refractivity contribution < 1.29 is 4.74 Å². The molecule has 25 heavy (non-hydrogen) atoms. The van der Waals surface area contributed by atoms with Gasteiger partial charge in [-0.05, 0) is 36.6 Å². The van der Waals surface area contributed by atoms with Crippen LogP contribution in [0.1, 0.15) is 18.1 Å². The van der Waals surface area contributed by atoms with Gasteiger partial charge in [0, 0.05) is 18.4 Å². The molecule has 0 saturated carbocycles. The van der Waals surface area contributed by atoms with Crippen molar-refractivity contribution >= 4 is 11.8 Å². The maximum Gasteiger partial charge on any atom is 0.191 e. The molecule has 0 atom stereocenters. The first-order valence-electron chi connectivity index (χ1n) is 8.49. The number of thioether (sulfide) groups is 1. The summed E-state index contributed by atoms with van der Waals surface area (Å²) in [6.07, 6.45) is 1.02. The standard InChI is InChI=1S/C20H23N3OS/c1-4-16-9-7-10-17(14-16)24-12-13-25-20-22-21-19(23(20)3)18-11-6-5-8-15(18)2/h5-11,14H,4,12-13H2,1-3H3. The zero-order chi connectivity index (χ0) is 17.6. The maximum absolute atomic E-state index is 5.84. The first-order valence-corrected chi connectivity index (χ1v) is 9.47. The van der Waals surface area contributed by atoms with E-state index < -0.39 is 0 Å². The summed E-state index contributed by atoms with van der Waals surface area (Å²) in [5.41, 5.74) is 3.62. The minimum Gasteiger partial charge on any atom is -0.493 e. The van der Waals surface area contributed by atoms with Gasteiger partial charge in [-0.2, -0.15) is 0 Å². The van der Waals surface area contributed by atoms with E-state index in [-0.39, 0.29) is 0 Å². The summed E-state index contributed by atoms with van der Waals surface area (Å²) in [6, 6.07) is 16.5. The van der Waals surface area contributed by atoms with Gasteiger partial charge in [0.15, 0.2) is 11.0 Å². The Morgan fingerprint density at radius 1 is 1.08 bits per heavy atom. The van der Waals surface area contributed by atoms with E-state index in [0.29, 0.717) is 6.61 Å². The molecular weight excluding hydrogens is 330 g/mol. The summed E-state index contributed by atoms with van der Waals surface area (Å²) >= 11 is 1.66. The van der Waals surface area contributed by atoms with Crippen molar-refractivity contribution in [1.29, 1.82) is 0 Å². The Balaban J connectivity index is 1.58. The molecule has 1 aromatic heterocycles. The van der Waals surface area contributed by atoms with Gasteiger partial charge in [-0.15, -0.1) is 10.2 Å². The van der Waals surface area contributed by atoms with Gasteiger partial charge in [0.2, 0.25) is 0 Å². The third kappa shape index (κ3) is 4.23. The van der Waals surface area contributed by atoms with Gasteiger partial charge in [-0.3, -0.25) is 0 Å². The monoisotopic (exact) mass is 353 g/mol. The second-order valence-electron chi connectivity index (χ2n) is 5.88. The van der Waals surface area contributed by atoms with Crippen molar-refractivity contribution in [3.63, 3.8) is 0 Å². The zero-order valence-electron chi connectivity index (χ0n) is 14.9. The highest BCUT2D eigenvalue weighted by molar-refractivity contribution is 7.99. The normalized spacial score (nSPS) is 10.8. The van der Waals surface area contributed by atoms with Gasteiger partial charge in [0.05, 0.1) is 6.61 Å². The number of nitrogens with zero attached hydrogens (tertiary/aromatic N) is 3. The molecule has 0 amide bonds. The van der Waals surface area contributed by atoms with Crippen LogP contribution in [0.25, 0.3) is 11.4 Å². The van der Waals surface area contributed by atoms with Crippen LogP contribution in [-0.4, -0.2) is 27.1 Å². The highest BCUT2D eigenvalue weighted by atomic mass is 32.2. The van der Waals surface area contributed by atoms with Crippen molar-refractivity contribution in [2.45, 2.75) is 25.4 Å². The first kappa shape index (κ1) is 17.5. The SMILES string of the molecule is CCc1cccc(OCCSc2nnc(-c3ccccc3C)n2C)c1. The molecule has 0 unspecified atom stereocenters. The number of hydrogen-bond acceptors (Lipinski definition) is 4. The Morgan fingerprint density at radius 3 is 2.72 bits per heavy atom. The lowest BCUT2D eigenvalue weighted by Gasteiger charge is -2.08. The highest BCUT2D eigenvalue weighted by Crippen LogP contribution is 2.25. The van der Waals surface area contributed by atoms with Crippen LogP contribution in [0, 0.1) is 6.92 Å². The zero-order valence-corrected chi connectivity index (χ0v) is 15.7. The van der Waals surface area contributed by atoms with Gasteiger partial charge in [-0.1, -0.05) is 55.1 Å². The van der Waals surface area contributed by atoms with Gasteiger partial charge >= 0.3 is 0 Å². The fourth-order valence-electron chi connectivity index (χ4n) is 2.65. The number of hydrogen-bond donors (Lipinski definition) is 0. The molecule has 0 aliphatic carbocycles. The number of aryl methyl sites for hydroxylation is 2. The lowest BCUT2D eigenvalue weighted by Crippen LogP contribution is -2.02. The quantitative estimate of drug-likeness (QED) is 0.462. The molecule has 4 nitrogen and oxygen atoms in total. The van der Waals surface area contributed by atoms with E-state index >= 15 is 0 Å². The van der Waals surface area contributed by atoms with Crippen LogP contribution in [0.15, 0.2) is 53.7 Å². The van der Waals surface area contributed by atoms with Crippen LogP contribution in [0.2, 0.25) is 0 Å². The number of benzene rings is 2. The lowest BCUT2D eigenvalue weighted by molar-refractivity contribution is 0.343. The van der Waals surface area contributed by atoms with Crippen molar-refractivity contribution in [3.05, 3.63) is 59.7 Å². The third-order valence-corrected chi connectivity index (χ3v) is 5.10. The minimum absolute atomic E-state index is 0.643. The molecule has 0 saturated heterocycles. The second-order valence-corrected chi connectivity index (χ2v) is 6.94. The summed E-state index contributed by atoms with van der Waals surface area (Å²) in [7, 11) is 2.01.